The number of furan rings is 1. The molecule has 1 aliphatic heterocycles. The van der Waals surface area contributed by atoms with Gasteiger partial charge in [0.15, 0.2) is 0 Å². The molecule has 100 valence electrons. The van der Waals surface area contributed by atoms with Gasteiger partial charge in [-0.2, -0.15) is 11.8 Å². The van der Waals surface area contributed by atoms with Gasteiger partial charge in [0.1, 0.15) is 11.8 Å². The maximum atomic E-state index is 12.1. The average Bonchev–Trinajstić information content (AvgIpc) is 3.03. The van der Waals surface area contributed by atoms with Crippen molar-refractivity contribution in [1.29, 1.82) is 0 Å². The van der Waals surface area contributed by atoms with E-state index < -0.39 is 5.60 Å². The van der Waals surface area contributed by atoms with Crippen LogP contribution in [0.3, 0.4) is 0 Å². The molecule has 1 saturated heterocycles. The minimum Gasteiger partial charge on any atom is -0.463 e. The molecule has 1 fully saturated rings. The molecule has 0 saturated carbocycles. The summed E-state index contributed by atoms with van der Waals surface area (Å²) in [5.41, 5.74) is 0.451. The summed E-state index contributed by atoms with van der Waals surface area (Å²) in [6.45, 7) is 0.290. The van der Waals surface area contributed by atoms with E-state index in [0.717, 1.165) is 17.6 Å². The van der Waals surface area contributed by atoms with Crippen LogP contribution in [0.1, 0.15) is 16.8 Å². The first kappa shape index (κ1) is 12.6. The fourth-order valence-electron chi connectivity index (χ4n) is 2.23. The smallest absolute Gasteiger partial charge is 0.255 e. The predicted molar refractivity (Wildman–Crippen MR) is 75.4 cm³/mol. The third kappa shape index (κ3) is 2.48. The van der Waals surface area contributed by atoms with Gasteiger partial charge < -0.3 is 14.8 Å². The minimum absolute atomic E-state index is 0.199. The number of nitrogens with one attached hydrogen (secondary N) is 1. The fraction of sp³-hybridized carbons (Fsp3) is 0.357. The maximum Gasteiger partial charge on any atom is 0.255 e. The SMILES string of the molecule is O=C(NCC1(O)CCSC1)c1coc2ccccc12. The maximum absolute atomic E-state index is 12.1. The van der Waals surface area contributed by atoms with E-state index in [1.54, 1.807) is 11.8 Å². The molecule has 5 heteroatoms. The van der Waals surface area contributed by atoms with Gasteiger partial charge in [0.2, 0.25) is 0 Å². The third-order valence-electron chi connectivity index (χ3n) is 3.39. The zero-order valence-corrected chi connectivity index (χ0v) is 11.2. The summed E-state index contributed by atoms with van der Waals surface area (Å²) in [6.07, 6.45) is 2.19. The number of rotatable bonds is 3. The standard InChI is InChI=1S/C14H15NO3S/c16-13(15-8-14(17)5-6-19-9-14)11-7-18-12-4-2-1-3-10(11)12/h1-4,7,17H,5-6,8-9H2,(H,15,16). The van der Waals surface area contributed by atoms with Crippen molar-refractivity contribution in [2.75, 3.05) is 18.1 Å². The summed E-state index contributed by atoms with van der Waals surface area (Å²) in [7, 11) is 0. The van der Waals surface area contributed by atoms with Gasteiger partial charge >= 0.3 is 0 Å². The summed E-state index contributed by atoms with van der Waals surface area (Å²) < 4.78 is 5.34. The van der Waals surface area contributed by atoms with E-state index in [4.69, 9.17) is 4.42 Å². The number of thioether (sulfide) groups is 1. The van der Waals surface area contributed by atoms with E-state index in [1.165, 1.54) is 6.26 Å². The predicted octanol–water partition coefficient (Wildman–Crippen LogP) is 2.03. The summed E-state index contributed by atoms with van der Waals surface area (Å²) in [5.74, 6) is 1.43. The van der Waals surface area contributed by atoms with Gasteiger partial charge in [0, 0.05) is 17.7 Å². The van der Waals surface area contributed by atoms with Gasteiger partial charge in [-0.3, -0.25) is 4.79 Å². The van der Waals surface area contributed by atoms with Crippen LogP contribution in [0.25, 0.3) is 11.0 Å². The van der Waals surface area contributed by atoms with E-state index in [9.17, 15) is 9.90 Å². The first-order valence-electron chi connectivity index (χ1n) is 6.23. The topological polar surface area (TPSA) is 62.5 Å². The van der Waals surface area contributed by atoms with Gasteiger partial charge in [0.05, 0.1) is 11.2 Å². The summed E-state index contributed by atoms with van der Waals surface area (Å²) in [5, 5.41) is 13.8. The first-order chi connectivity index (χ1) is 9.18. The lowest BCUT2D eigenvalue weighted by Crippen LogP contribution is -2.42. The second kappa shape index (κ2) is 4.90. The molecule has 0 spiro atoms. The zero-order chi connectivity index (χ0) is 13.3. The van der Waals surface area contributed by atoms with E-state index in [1.807, 2.05) is 24.3 Å². The molecule has 0 bridgehead atoms. The molecule has 2 N–H and O–H groups in total. The highest BCUT2D eigenvalue weighted by Crippen LogP contribution is 2.27. The number of fused-ring (bicyclic) bond motifs is 1. The Bertz CT molecular complexity index is 602. The molecule has 1 unspecified atom stereocenters. The summed E-state index contributed by atoms with van der Waals surface area (Å²) >= 11 is 1.71. The number of amides is 1. The van der Waals surface area contributed by atoms with Crippen LogP contribution in [0.2, 0.25) is 0 Å². The van der Waals surface area contributed by atoms with Crippen LogP contribution < -0.4 is 5.32 Å². The van der Waals surface area contributed by atoms with Gasteiger partial charge in [-0.25, -0.2) is 0 Å². The van der Waals surface area contributed by atoms with Gasteiger partial charge in [-0.1, -0.05) is 18.2 Å². The molecule has 4 nitrogen and oxygen atoms in total. The molecule has 0 radical (unpaired) electrons. The van der Waals surface area contributed by atoms with Crippen LogP contribution in [0.15, 0.2) is 34.9 Å². The molecule has 1 aromatic carbocycles. The van der Waals surface area contributed by atoms with Crippen LogP contribution in [-0.4, -0.2) is 34.7 Å². The second-order valence-electron chi connectivity index (χ2n) is 4.86. The number of carbonyl (C=O) groups is 1. The third-order valence-corrected chi connectivity index (χ3v) is 4.62. The Kier molecular flexibility index (Phi) is 3.24. The highest BCUT2D eigenvalue weighted by atomic mass is 32.2. The summed E-state index contributed by atoms with van der Waals surface area (Å²) in [4.78, 5) is 12.1. The number of hydrogen-bond acceptors (Lipinski definition) is 4. The fourth-order valence-corrected chi connectivity index (χ4v) is 3.52. The van der Waals surface area contributed by atoms with Crippen LogP contribution in [-0.2, 0) is 0 Å². The van der Waals surface area contributed by atoms with Crippen LogP contribution in [0, 0.1) is 0 Å². The van der Waals surface area contributed by atoms with Crippen molar-refractivity contribution >= 4 is 28.6 Å². The monoisotopic (exact) mass is 277 g/mol. The van der Waals surface area contributed by atoms with Crippen molar-refractivity contribution in [3.05, 3.63) is 36.1 Å². The molecule has 1 atom stereocenters. The molecule has 2 heterocycles. The molecule has 1 amide bonds. The van der Waals surface area contributed by atoms with Gasteiger partial charge in [0.25, 0.3) is 5.91 Å². The lowest BCUT2D eigenvalue weighted by Gasteiger charge is -2.21. The zero-order valence-electron chi connectivity index (χ0n) is 10.4. The molecular formula is C14H15NO3S. The van der Waals surface area contributed by atoms with Crippen LogP contribution in [0.5, 0.6) is 0 Å². The lowest BCUT2D eigenvalue weighted by molar-refractivity contribution is 0.0613. The Morgan fingerprint density at radius 1 is 1.47 bits per heavy atom. The average molecular weight is 277 g/mol. The van der Waals surface area contributed by atoms with Crippen molar-refractivity contribution in [2.24, 2.45) is 0 Å². The molecule has 1 aliphatic rings. The molecule has 3 rings (SSSR count). The van der Waals surface area contributed by atoms with Crippen molar-refractivity contribution in [3.8, 4) is 0 Å². The molecule has 19 heavy (non-hydrogen) atoms. The van der Waals surface area contributed by atoms with E-state index in [-0.39, 0.29) is 5.91 Å². The number of aliphatic hydroxyl groups is 1. The Hall–Kier alpha value is -1.46. The second-order valence-corrected chi connectivity index (χ2v) is 5.96. The molecule has 0 aliphatic carbocycles. The van der Waals surface area contributed by atoms with Crippen LogP contribution >= 0.6 is 11.8 Å². The normalized spacial score (nSPS) is 22.8. The first-order valence-corrected chi connectivity index (χ1v) is 7.38. The summed E-state index contributed by atoms with van der Waals surface area (Å²) in [6, 6.07) is 7.42. The van der Waals surface area contributed by atoms with Gasteiger partial charge in [-0.05, 0) is 18.2 Å². The lowest BCUT2D eigenvalue weighted by atomic mass is 10.0. The largest absolute Gasteiger partial charge is 0.463 e. The van der Waals surface area contributed by atoms with Crippen molar-refractivity contribution in [3.63, 3.8) is 0 Å². The van der Waals surface area contributed by atoms with Crippen molar-refractivity contribution < 1.29 is 14.3 Å². The molecule has 2 aromatic rings. The van der Waals surface area contributed by atoms with E-state index in [2.05, 4.69) is 5.32 Å². The Morgan fingerprint density at radius 2 is 2.32 bits per heavy atom. The van der Waals surface area contributed by atoms with Crippen LogP contribution in [0.4, 0.5) is 0 Å². The number of benzene rings is 1. The molecular weight excluding hydrogens is 262 g/mol. The number of para-hydroxylation sites is 1. The Labute approximate surface area is 115 Å². The highest BCUT2D eigenvalue weighted by Gasteiger charge is 2.32. The number of carbonyl (C=O) groups excluding carboxylic acids is 1. The highest BCUT2D eigenvalue weighted by molar-refractivity contribution is 7.99. The van der Waals surface area contributed by atoms with E-state index >= 15 is 0 Å². The minimum atomic E-state index is -0.764. The molecule has 1 aromatic heterocycles. The Balaban J connectivity index is 1.73. The number of hydrogen-bond donors (Lipinski definition) is 2. The van der Waals surface area contributed by atoms with Gasteiger partial charge in [-0.15, -0.1) is 0 Å². The Morgan fingerprint density at radius 3 is 3.11 bits per heavy atom. The van der Waals surface area contributed by atoms with Crippen molar-refractivity contribution in [2.45, 2.75) is 12.0 Å². The quantitative estimate of drug-likeness (QED) is 0.901. The van der Waals surface area contributed by atoms with E-state index in [0.29, 0.717) is 23.4 Å². The van der Waals surface area contributed by atoms with Crippen molar-refractivity contribution in [1.82, 2.24) is 5.32 Å².